The average Bonchev–Trinajstić information content (AvgIpc) is 1.87. The Morgan fingerprint density at radius 1 is 1.30 bits per heavy atom. The summed E-state index contributed by atoms with van der Waals surface area (Å²) >= 11 is 0. The highest BCUT2D eigenvalue weighted by Gasteiger charge is 2.39. The van der Waals surface area contributed by atoms with Gasteiger partial charge < -0.3 is 10.1 Å². The molecule has 0 aromatic carbocycles. The molecule has 0 atom stereocenters. The maximum Gasteiger partial charge on any atom is 0.0557 e. The first-order valence-electron chi connectivity index (χ1n) is 3.70. The van der Waals surface area contributed by atoms with Crippen LogP contribution in [0, 0.1) is 5.41 Å². The minimum absolute atomic E-state index is 0. The number of ether oxygens (including phenoxy) is 1. The van der Waals surface area contributed by atoms with E-state index in [2.05, 4.69) is 5.32 Å². The zero-order valence-electron chi connectivity index (χ0n) is 6.06. The molecule has 1 spiro atoms. The first kappa shape index (κ1) is 8.31. The number of hydrogen-bond donors (Lipinski definition) is 1. The van der Waals surface area contributed by atoms with Gasteiger partial charge in [0.1, 0.15) is 0 Å². The third kappa shape index (κ3) is 1.29. The van der Waals surface area contributed by atoms with Crippen molar-refractivity contribution in [3.8, 4) is 0 Å². The summed E-state index contributed by atoms with van der Waals surface area (Å²) in [5.41, 5.74) is 0.568. The van der Waals surface area contributed by atoms with Gasteiger partial charge in [-0.05, 0) is 19.4 Å². The van der Waals surface area contributed by atoms with Crippen LogP contribution < -0.4 is 5.32 Å². The van der Waals surface area contributed by atoms with Gasteiger partial charge in [-0.1, -0.05) is 0 Å². The van der Waals surface area contributed by atoms with Crippen molar-refractivity contribution in [2.24, 2.45) is 5.41 Å². The predicted molar refractivity (Wildman–Crippen MR) is 42.6 cm³/mol. The molecular formula is C7H14ClNO. The van der Waals surface area contributed by atoms with E-state index in [4.69, 9.17) is 4.74 Å². The van der Waals surface area contributed by atoms with Crippen molar-refractivity contribution in [3.05, 3.63) is 0 Å². The molecule has 2 saturated heterocycles. The molecule has 2 heterocycles. The number of nitrogens with one attached hydrogen (secondary N) is 1. The predicted octanol–water partition coefficient (Wildman–Crippen LogP) is 0.808. The van der Waals surface area contributed by atoms with E-state index in [0.717, 1.165) is 13.2 Å². The van der Waals surface area contributed by atoms with Gasteiger partial charge in [-0.3, -0.25) is 0 Å². The molecule has 0 unspecified atom stereocenters. The highest BCUT2D eigenvalue weighted by atomic mass is 35.5. The Morgan fingerprint density at radius 2 is 2.10 bits per heavy atom. The third-order valence-electron chi connectivity index (χ3n) is 2.38. The van der Waals surface area contributed by atoms with Crippen molar-refractivity contribution in [1.82, 2.24) is 5.32 Å². The summed E-state index contributed by atoms with van der Waals surface area (Å²) in [4.78, 5) is 0. The number of piperidine rings is 1. The monoisotopic (exact) mass is 163 g/mol. The van der Waals surface area contributed by atoms with Crippen LogP contribution in [0.25, 0.3) is 0 Å². The Hall–Kier alpha value is 0.210. The van der Waals surface area contributed by atoms with Crippen LogP contribution in [-0.4, -0.2) is 26.3 Å². The van der Waals surface area contributed by atoms with Gasteiger partial charge in [-0.2, -0.15) is 0 Å². The second-order valence-electron chi connectivity index (χ2n) is 3.27. The van der Waals surface area contributed by atoms with Crippen LogP contribution in [0.5, 0.6) is 0 Å². The summed E-state index contributed by atoms with van der Waals surface area (Å²) in [6.07, 6.45) is 2.71. The Labute approximate surface area is 67.7 Å². The normalized spacial score (nSPS) is 28.8. The molecule has 10 heavy (non-hydrogen) atoms. The van der Waals surface area contributed by atoms with Crippen LogP contribution in [0.15, 0.2) is 0 Å². The van der Waals surface area contributed by atoms with Gasteiger partial charge in [-0.15, -0.1) is 12.4 Å². The van der Waals surface area contributed by atoms with Crippen molar-refractivity contribution in [3.63, 3.8) is 0 Å². The summed E-state index contributed by atoms with van der Waals surface area (Å²) in [6.45, 7) is 4.40. The van der Waals surface area contributed by atoms with Gasteiger partial charge in [0.2, 0.25) is 0 Å². The fraction of sp³-hybridized carbons (Fsp3) is 1.00. The van der Waals surface area contributed by atoms with Gasteiger partial charge in [0.05, 0.1) is 13.2 Å². The first-order valence-corrected chi connectivity index (χ1v) is 3.70. The topological polar surface area (TPSA) is 21.3 Å². The SMILES string of the molecule is C1CNCC2(C1)COC2.Cl. The molecule has 2 rings (SSSR count). The van der Waals surface area contributed by atoms with Gasteiger partial charge in [0.15, 0.2) is 0 Å². The van der Waals surface area contributed by atoms with Gasteiger partial charge in [0.25, 0.3) is 0 Å². The fourth-order valence-corrected chi connectivity index (χ4v) is 1.67. The molecule has 1 N–H and O–H groups in total. The van der Waals surface area contributed by atoms with Crippen LogP contribution in [0.2, 0.25) is 0 Å². The van der Waals surface area contributed by atoms with E-state index in [1.807, 2.05) is 0 Å². The zero-order chi connectivity index (χ0) is 6.16. The highest BCUT2D eigenvalue weighted by molar-refractivity contribution is 5.85. The average molecular weight is 164 g/mol. The third-order valence-corrected chi connectivity index (χ3v) is 2.38. The minimum Gasteiger partial charge on any atom is -0.380 e. The molecule has 0 aromatic heterocycles. The molecule has 0 aliphatic carbocycles. The quantitative estimate of drug-likeness (QED) is 0.571. The molecule has 60 valence electrons. The van der Waals surface area contributed by atoms with E-state index in [1.165, 1.54) is 25.9 Å². The van der Waals surface area contributed by atoms with Crippen molar-refractivity contribution >= 4 is 12.4 Å². The van der Waals surface area contributed by atoms with Crippen LogP contribution in [0.1, 0.15) is 12.8 Å². The summed E-state index contributed by atoms with van der Waals surface area (Å²) in [6, 6.07) is 0. The van der Waals surface area contributed by atoms with Crippen LogP contribution in [0.4, 0.5) is 0 Å². The van der Waals surface area contributed by atoms with E-state index in [1.54, 1.807) is 0 Å². The highest BCUT2D eigenvalue weighted by Crippen LogP contribution is 2.33. The lowest BCUT2D eigenvalue weighted by molar-refractivity contribution is -0.122. The molecular weight excluding hydrogens is 150 g/mol. The summed E-state index contributed by atoms with van der Waals surface area (Å²) < 4.78 is 5.18. The molecule has 2 aliphatic rings. The van der Waals surface area contributed by atoms with E-state index < -0.39 is 0 Å². The van der Waals surface area contributed by atoms with Crippen molar-refractivity contribution in [2.45, 2.75) is 12.8 Å². The Bertz CT molecular complexity index is 106. The number of rotatable bonds is 0. The zero-order valence-corrected chi connectivity index (χ0v) is 6.88. The Balaban J connectivity index is 0.000000500. The number of hydrogen-bond acceptors (Lipinski definition) is 2. The summed E-state index contributed by atoms with van der Waals surface area (Å²) in [7, 11) is 0. The van der Waals surface area contributed by atoms with Crippen LogP contribution in [-0.2, 0) is 4.74 Å². The summed E-state index contributed by atoms with van der Waals surface area (Å²) in [5, 5.41) is 3.40. The smallest absolute Gasteiger partial charge is 0.0557 e. The number of halogens is 1. The molecule has 3 heteroatoms. The Kier molecular flexibility index (Phi) is 2.55. The van der Waals surface area contributed by atoms with Gasteiger partial charge >= 0.3 is 0 Å². The standard InChI is InChI=1S/C7H13NO.ClH/c1-2-7(4-8-3-1)5-9-6-7;/h8H,1-6H2;1H. The van der Waals surface area contributed by atoms with Crippen molar-refractivity contribution < 1.29 is 4.74 Å². The van der Waals surface area contributed by atoms with Crippen LogP contribution in [0.3, 0.4) is 0 Å². The lowest BCUT2D eigenvalue weighted by Crippen LogP contribution is -2.52. The van der Waals surface area contributed by atoms with E-state index in [0.29, 0.717) is 5.41 Å². The molecule has 0 saturated carbocycles. The summed E-state index contributed by atoms with van der Waals surface area (Å²) in [5.74, 6) is 0. The van der Waals surface area contributed by atoms with Gasteiger partial charge in [0, 0.05) is 12.0 Å². The van der Waals surface area contributed by atoms with E-state index >= 15 is 0 Å². The fourth-order valence-electron chi connectivity index (χ4n) is 1.67. The second-order valence-corrected chi connectivity index (χ2v) is 3.27. The second kappa shape index (κ2) is 3.07. The molecule has 0 radical (unpaired) electrons. The van der Waals surface area contributed by atoms with Crippen LogP contribution >= 0.6 is 12.4 Å². The minimum atomic E-state index is 0. The van der Waals surface area contributed by atoms with E-state index in [-0.39, 0.29) is 12.4 Å². The molecule has 2 nitrogen and oxygen atoms in total. The molecule has 2 fully saturated rings. The molecule has 0 amide bonds. The maximum absolute atomic E-state index is 5.18. The maximum atomic E-state index is 5.18. The molecule has 0 aromatic rings. The first-order chi connectivity index (χ1) is 4.41. The Morgan fingerprint density at radius 3 is 2.40 bits per heavy atom. The molecule has 2 aliphatic heterocycles. The lowest BCUT2D eigenvalue weighted by atomic mass is 9.79. The van der Waals surface area contributed by atoms with Crippen molar-refractivity contribution in [1.29, 1.82) is 0 Å². The lowest BCUT2D eigenvalue weighted by Gasteiger charge is -2.44. The largest absolute Gasteiger partial charge is 0.380 e. The van der Waals surface area contributed by atoms with Gasteiger partial charge in [-0.25, -0.2) is 0 Å². The molecule has 0 bridgehead atoms. The van der Waals surface area contributed by atoms with Crippen molar-refractivity contribution in [2.75, 3.05) is 26.3 Å². The van der Waals surface area contributed by atoms with E-state index in [9.17, 15) is 0 Å².